The molecule has 0 radical (unpaired) electrons. The molecule has 2 amide bonds. The minimum absolute atomic E-state index is 0.0790. The van der Waals surface area contributed by atoms with Crippen LogP contribution in [-0.4, -0.2) is 51.3 Å². The standard InChI is InChI=1S/C25H29ClN4O4S/c1-4-8-28-20(33)11-15-21-16(12-17-24(15,2)7-5-18(32)25(17,3)13-31)35-23(29-21)30-22(34)14-6-9-27-19(26)10-14/h1,6,9-10,15,17-18,31-32H,5,7-8,11-13H2,2-3H3,(H,28,33)(H,29,30,34). The van der Waals surface area contributed by atoms with Gasteiger partial charge in [0.25, 0.3) is 5.91 Å². The van der Waals surface area contributed by atoms with Crippen molar-refractivity contribution in [3.05, 3.63) is 39.6 Å². The first-order valence-electron chi connectivity index (χ1n) is 11.5. The van der Waals surface area contributed by atoms with E-state index in [0.717, 1.165) is 10.6 Å². The molecule has 5 atom stereocenters. The Morgan fingerprint density at radius 3 is 2.86 bits per heavy atom. The maximum atomic E-state index is 12.8. The first kappa shape index (κ1) is 25.6. The maximum absolute atomic E-state index is 12.8. The van der Waals surface area contributed by atoms with Crippen LogP contribution in [0.1, 0.15) is 60.0 Å². The summed E-state index contributed by atoms with van der Waals surface area (Å²) in [7, 11) is 0. The third-order valence-corrected chi connectivity index (χ3v) is 9.10. The number of fused-ring (bicyclic) bond motifs is 2. The summed E-state index contributed by atoms with van der Waals surface area (Å²) in [6, 6.07) is 3.05. The number of anilines is 1. The second kappa shape index (κ2) is 9.86. The highest BCUT2D eigenvalue weighted by atomic mass is 35.5. The average Bonchev–Trinajstić information content (AvgIpc) is 3.23. The Labute approximate surface area is 213 Å². The van der Waals surface area contributed by atoms with E-state index >= 15 is 0 Å². The van der Waals surface area contributed by atoms with Crippen molar-refractivity contribution in [2.24, 2.45) is 16.7 Å². The van der Waals surface area contributed by atoms with Crippen LogP contribution >= 0.6 is 22.9 Å². The summed E-state index contributed by atoms with van der Waals surface area (Å²) in [6.07, 6.45) is 8.11. The lowest BCUT2D eigenvalue weighted by molar-refractivity contribution is -0.144. The Bertz CT molecular complexity index is 1180. The number of aliphatic hydroxyl groups excluding tert-OH is 2. The molecule has 0 aromatic carbocycles. The van der Waals surface area contributed by atoms with Gasteiger partial charge in [0.2, 0.25) is 5.91 Å². The molecule has 2 heterocycles. The first-order valence-corrected chi connectivity index (χ1v) is 12.7. The lowest BCUT2D eigenvalue weighted by atomic mass is 9.47. The van der Waals surface area contributed by atoms with Crippen LogP contribution in [0, 0.1) is 29.1 Å². The van der Waals surface area contributed by atoms with E-state index in [2.05, 4.69) is 28.5 Å². The molecule has 1 fully saturated rings. The largest absolute Gasteiger partial charge is 0.396 e. The van der Waals surface area contributed by atoms with E-state index in [0.29, 0.717) is 30.0 Å². The molecular weight excluding hydrogens is 488 g/mol. The smallest absolute Gasteiger partial charge is 0.257 e. The highest BCUT2D eigenvalue weighted by Crippen LogP contribution is 2.62. The molecule has 4 N–H and O–H groups in total. The van der Waals surface area contributed by atoms with E-state index in [1.54, 1.807) is 6.07 Å². The second-order valence-electron chi connectivity index (χ2n) is 9.87. The van der Waals surface area contributed by atoms with Gasteiger partial charge in [0.1, 0.15) is 5.15 Å². The van der Waals surface area contributed by atoms with Gasteiger partial charge in [-0.2, -0.15) is 0 Å². The number of aliphatic hydroxyl groups is 2. The monoisotopic (exact) mass is 516 g/mol. The highest BCUT2D eigenvalue weighted by molar-refractivity contribution is 7.15. The molecule has 4 rings (SSSR count). The Balaban J connectivity index is 1.71. The Hall–Kier alpha value is -2.51. The number of rotatable bonds is 6. The van der Waals surface area contributed by atoms with Gasteiger partial charge >= 0.3 is 0 Å². The van der Waals surface area contributed by atoms with Gasteiger partial charge in [0.15, 0.2) is 5.13 Å². The number of hydrogen-bond acceptors (Lipinski definition) is 7. The molecule has 0 spiro atoms. The Kier molecular flexibility index (Phi) is 7.21. The molecule has 1 saturated carbocycles. The summed E-state index contributed by atoms with van der Waals surface area (Å²) >= 11 is 7.28. The van der Waals surface area contributed by atoms with Crippen molar-refractivity contribution >= 4 is 39.9 Å². The molecule has 2 aromatic rings. The van der Waals surface area contributed by atoms with Crippen molar-refractivity contribution in [2.75, 3.05) is 18.5 Å². The van der Waals surface area contributed by atoms with Gasteiger partial charge in [-0.05, 0) is 42.7 Å². The van der Waals surface area contributed by atoms with E-state index in [1.807, 2.05) is 6.92 Å². The van der Waals surface area contributed by atoms with Gasteiger partial charge < -0.3 is 15.5 Å². The van der Waals surface area contributed by atoms with Crippen molar-refractivity contribution in [2.45, 2.75) is 51.6 Å². The minimum atomic E-state index is -0.723. The van der Waals surface area contributed by atoms with Gasteiger partial charge in [-0.25, -0.2) is 9.97 Å². The van der Waals surface area contributed by atoms with Crippen molar-refractivity contribution in [3.63, 3.8) is 0 Å². The van der Waals surface area contributed by atoms with E-state index in [-0.39, 0.29) is 53.8 Å². The number of nitrogens with zero attached hydrogens (tertiary/aromatic N) is 2. The van der Waals surface area contributed by atoms with Crippen LogP contribution in [-0.2, 0) is 11.2 Å². The zero-order valence-corrected chi connectivity index (χ0v) is 21.2. The predicted molar refractivity (Wildman–Crippen MR) is 134 cm³/mol. The van der Waals surface area contributed by atoms with Crippen LogP contribution in [0.2, 0.25) is 5.15 Å². The topological polar surface area (TPSA) is 124 Å². The number of terminal acetylenes is 1. The fraction of sp³-hybridized carbons (Fsp3) is 0.520. The number of nitrogens with one attached hydrogen (secondary N) is 2. The third-order valence-electron chi connectivity index (χ3n) is 7.88. The summed E-state index contributed by atoms with van der Waals surface area (Å²) in [6.45, 7) is 4.01. The van der Waals surface area contributed by atoms with E-state index in [4.69, 9.17) is 23.0 Å². The van der Waals surface area contributed by atoms with E-state index < -0.39 is 11.5 Å². The Morgan fingerprint density at radius 1 is 1.40 bits per heavy atom. The van der Waals surface area contributed by atoms with Crippen molar-refractivity contribution < 1.29 is 19.8 Å². The number of carbonyl (C=O) groups excluding carboxylic acids is 2. The summed E-state index contributed by atoms with van der Waals surface area (Å²) in [5.41, 5.74) is 0.0364. The summed E-state index contributed by atoms with van der Waals surface area (Å²) in [4.78, 5) is 35.2. The third kappa shape index (κ3) is 4.68. The zero-order chi connectivity index (χ0) is 25.4. The molecule has 0 saturated heterocycles. The summed E-state index contributed by atoms with van der Waals surface area (Å²) in [5.74, 6) is 1.55. The minimum Gasteiger partial charge on any atom is -0.396 e. The maximum Gasteiger partial charge on any atom is 0.257 e. The molecule has 2 aromatic heterocycles. The van der Waals surface area contributed by atoms with Crippen LogP contribution in [0.5, 0.6) is 0 Å². The number of aromatic nitrogens is 2. The normalized spacial score (nSPS) is 29.4. The molecule has 0 bridgehead atoms. The zero-order valence-electron chi connectivity index (χ0n) is 19.7. The summed E-state index contributed by atoms with van der Waals surface area (Å²) in [5, 5.41) is 27.4. The Morgan fingerprint density at radius 2 is 2.17 bits per heavy atom. The molecule has 8 nitrogen and oxygen atoms in total. The molecule has 2 aliphatic carbocycles. The van der Waals surface area contributed by atoms with Gasteiger partial charge in [-0.15, -0.1) is 17.8 Å². The lowest BCUT2D eigenvalue weighted by Gasteiger charge is -2.58. The highest BCUT2D eigenvalue weighted by Gasteiger charge is 2.59. The van der Waals surface area contributed by atoms with Gasteiger partial charge in [0.05, 0.1) is 24.9 Å². The van der Waals surface area contributed by atoms with Crippen LogP contribution in [0.15, 0.2) is 18.3 Å². The van der Waals surface area contributed by atoms with Crippen LogP contribution in [0.3, 0.4) is 0 Å². The molecular formula is C25H29ClN4O4S. The number of pyridine rings is 1. The fourth-order valence-corrected chi connectivity index (χ4v) is 7.06. The van der Waals surface area contributed by atoms with Crippen LogP contribution < -0.4 is 10.6 Å². The molecule has 186 valence electrons. The fourth-order valence-electron chi connectivity index (χ4n) is 5.82. The number of thiazole rings is 1. The van der Waals surface area contributed by atoms with E-state index in [1.165, 1.54) is 23.6 Å². The lowest BCUT2D eigenvalue weighted by Crippen LogP contribution is -2.57. The predicted octanol–water partition coefficient (Wildman–Crippen LogP) is 3.00. The number of hydrogen-bond donors (Lipinski definition) is 4. The molecule has 5 unspecified atom stereocenters. The molecule has 10 heteroatoms. The second-order valence-corrected chi connectivity index (χ2v) is 11.3. The summed E-state index contributed by atoms with van der Waals surface area (Å²) < 4.78 is 0. The number of carbonyl (C=O) groups is 2. The van der Waals surface area contributed by atoms with Crippen molar-refractivity contribution in [1.82, 2.24) is 15.3 Å². The molecule has 2 aliphatic rings. The van der Waals surface area contributed by atoms with Crippen molar-refractivity contribution in [1.29, 1.82) is 0 Å². The SMILES string of the molecule is C#CCNC(=O)CC1c2nc(NC(=O)c3ccnc(Cl)c3)sc2CC2C(C)(CO)C(O)CCC12C. The van der Waals surface area contributed by atoms with Crippen LogP contribution in [0.4, 0.5) is 5.13 Å². The van der Waals surface area contributed by atoms with Gasteiger partial charge in [-0.1, -0.05) is 31.4 Å². The first-order chi connectivity index (χ1) is 16.6. The molecule has 0 aliphatic heterocycles. The quantitative estimate of drug-likeness (QED) is 0.345. The molecule has 35 heavy (non-hydrogen) atoms. The average molecular weight is 517 g/mol. The van der Waals surface area contributed by atoms with Crippen molar-refractivity contribution in [3.8, 4) is 12.3 Å². The number of amides is 2. The van der Waals surface area contributed by atoms with E-state index in [9.17, 15) is 19.8 Å². The van der Waals surface area contributed by atoms with Gasteiger partial charge in [-0.3, -0.25) is 14.9 Å². The number of halogens is 1. The van der Waals surface area contributed by atoms with Gasteiger partial charge in [0, 0.05) is 34.4 Å². The van der Waals surface area contributed by atoms with Crippen LogP contribution in [0.25, 0.3) is 0 Å².